The maximum atomic E-state index is 5.81. The van der Waals surface area contributed by atoms with Crippen molar-refractivity contribution in [2.45, 2.75) is 6.92 Å². The number of para-hydroxylation sites is 1. The maximum absolute atomic E-state index is 5.81. The molecule has 0 bridgehead atoms. The molecule has 0 saturated carbocycles. The van der Waals surface area contributed by atoms with E-state index in [1.54, 1.807) is 17.9 Å². The second-order valence-corrected chi connectivity index (χ2v) is 4.99. The van der Waals surface area contributed by atoms with E-state index in [1.165, 1.54) is 0 Å². The molecule has 0 spiro atoms. The number of hydrogen-bond donors (Lipinski definition) is 0. The standard InChI is InChI=1S/C18H18N2O2/c1-4-12-22-20-16-7-5-6-13(2)17(16)19-18(20)14-8-10-15(21-3)11-9-14/h4-11H,1,12H2,2-3H3. The van der Waals surface area contributed by atoms with Crippen LogP contribution in [0.1, 0.15) is 5.56 Å². The molecule has 0 atom stereocenters. The molecule has 0 saturated heterocycles. The van der Waals surface area contributed by atoms with Crippen molar-refractivity contribution in [3.63, 3.8) is 0 Å². The number of aromatic nitrogens is 2. The molecule has 0 aliphatic heterocycles. The topological polar surface area (TPSA) is 36.3 Å². The largest absolute Gasteiger partial charge is 0.497 e. The first kappa shape index (κ1) is 14.2. The highest BCUT2D eigenvalue weighted by molar-refractivity contribution is 5.83. The monoisotopic (exact) mass is 294 g/mol. The smallest absolute Gasteiger partial charge is 0.176 e. The molecule has 112 valence electrons. The van der Waals surface area contributed by atoms with Gasteiger partial charge in [0.1, 0.15) is 17.9 Å². The summed E-state index contributed by atoms with van der Waals surface area (Å²) in [4.78, 5) is 10.6. The van der Waals surface area contributed by atoms with Gasteiger partial charge in [-0.3, -0.25) is 0 Å². The van der Waals surface area contributed by atoms with Gasteiger partial charge in [-0.25, -0.2) is 4.98 Å². The minimum absolute atomic E-state index is 0.419. The number of ether oxygens (including phenoxy) is 1. The van der Waals surface area contributed by atoms with E-state index in [4.69, 9.17) is 14.6 Å². The number of hydrogen-bond acceptors (Lipinski definition) is 3. The maximum Gasteiger partial charge on any atom is 0.176 e. The van der Waals surface area contributed by atoms with Gasteiger partial charge in [0.25, 0.3) is 0 Å². The van der Waals surface area contributed by atoms with Crippen molar-refractivity contribution in [1.82, 2.24) is 9.71 Å². The van der Waals surface area contributed by atoms with Crippen LogP contribution in [-0.2, 0) is 0 Å². The number of benzene rings is 2. The average Bonchev–Trinajstić information content (AvgIpc) is 2.93. The molecule has 0 N–H and O–H groups in total. The molecule has 0 radical (unpaired) electrons. The highest BCUT2D eigenvalue weighted by Gasteiger charge is 2.15. The zero-order chi connectivity index (χ0) is 15.5. The summed E-state index contributed by atoms with van der Waals surface area (Å²) in [6.07, 6.45) is 1.72. The summed E-state index contributed by atoms with van der Waals surface area (Å²) in [5.41, 5.74) is 3.98. The zero-order valence-electron chi connectivity index (χ0n) is 12.7. The lowest BCUT2D eigenvalue weighted by Crippen LogP contribution is -2.12. The molecule has 3 aromatic rings. The summed E-state index contributed by atoms with van der Waals surface area (Å²) in [5.74, 6) is 1.59. The van der Waals surface area contributed by atoms with E-state index in [1.807, 2.05) is 49.4 Å². The van der Waals surface area contributed by atoms with Gasteiger partial charge >= 0.3 is 0 Å². The van der Waals surface area contributed by atoms with Crippen LogP contribution in [0.5, 0.6) is 5.75 Å². The first-order chi connectivity index (χ1) is 10.7. The predicted molar refractivity (Wildman–Crippen MR) is 88.1 cm³/mol. The number of aryl methyl sites for hydroxylation is 1. The van der Waals surface area contributed by atoms with Crippen LogP contribution in [0.3, 0.4) is 0 Å². The number of imidazole rings is 1. The lowest BCUT2D eigenvalue weighted by Gasteiger charge is -2.09. The summed E-state index contributed by atoms with van der Waals surface area (Å²) in [7, 11) is 1.65. The SMILES string of the molecule is C=CCOn1c(-c2ccc(OC)cc2)nc2c(C)cccc21. The third-order valence-electron chi connectivity index (χ3n) is 3.52. The fraction of sp³-hybridized carbons (Fsp3) is 0.167. The van der Waals surface area contributed by atoms with Crippen LogP contribution in [-0.4, -0.2) is 23.4 Å². The van der Waals surface area contributed by atoms with Gasteiger partial charge in [0.2, 0.25) is 0 Å². The van der Waals surface area contributed by atoms with Gasteiger partial charge in [-0.1, -0.05) is 24.8 Å². The van der Waals surface area contributed by atoms with Gasteiger partial charge in [0, 0.05) is 5.56 Å². The third kappa shape index (κ3) is 2.44. The van der Waals surface area contributed by atoms with Crippen molar-refractivity contribution in [1.29, 1.82) is 0 Å². The molecule has 0 fully saturated rings. The first-order valence-electron chi connectivity index (χ1n) is 7.11. The summed E-state index contributed by atoms with van der Waals surface area (Å²) in [6.45, 7) is 6.17. The molecule has 22 heavy (non-hydrogen) atoms. The summed E-state index contributed by atoms with van der Waals surface area (Å²) >= 11 is 0. The Balaban J connectivity index is 2.17. The minimum atomic E-state index is 0.419. The molecule has 0 aliphatic carbocycles. The number of fused-ring (bicyclic) bond motifs is 1. The highest BCUT2D eigenvalue weighted by Crippen LogP contribution is 2.27. The van der Waals surface area contributed by atoms with Gasteiger partial charge < -0.3 is 9.57 Å². The number of methoxy groups -OCH3 is 1. The highest BCUT2D eigenvalue weighted by atomic mass is 16.7. The van der Waals surface area contributed by atoms with Crippen molar-refractivity contribution in [2.24, 2.45) is 0 Å². The summed E-state index contributed by atoms with van der Waals surface area (Å²) in [6, 6.07) is 13.8. The first-order valence-corrected chi connectivity index (χ1v) is 7.11. The van der Waals surface area contributed by atoms with Crippen LogP contribution in [0.15, 0.2) is 55.1 Å². The predicted octanol–water partition coefficient (Wildman–Crippen LogP) is 3.63. The lowest BCUT2D eigenvalue weighted by atomic mass is 10.2. The van der Waals surface area contributed by atoms with E-state index in [9.17, 15) is 0 Å². The Hall–Kier alpha value is -2.75. The Kier molecular flexibility index (Phi) is 3.83. The number of rotatable bonds is 5. The van der Waals surface area contributed by atoms with Crippen molar-refractivity contribution >= 4 is 11.0 Å². The van der Waals surface area contributed by atoms with E-state index in [0.717, 1.165) is 33.7 Å². The molecular formula is C18H18N2O2. The van der Waals surface area contributed by atoms with Crippen LogP contribution in [0.4, 0.5) is 0 Å². The van der Waals surface area contributed by atoms with Gasteiger partial charge in [-0.2, -0.15) is 4.73 Å². The molecule has 0 amide bonds. The average molecular weight is 294 g/mol. The van der Waals surface area contributed by atoms with E-state index >= 15 is 0 Å². The fourth-order valence-electron chi connectivity index (χ4n) is 2.40. The van der Waals surface area contributed by atoms with E-state index in [2.05, 4.69) is 6.58 Å². The number of nitrogens with zero attached hydrogens (tertiary/aromatic N) is 2. The molecule has 1 aromatic heterocycles. The Morgan fingerprint density at radius 1 is 1.18 bits per heavy atom. The van der Waals surface area contributed by atoms with Gasteiger partial charge in [-0.15, -0.1) is 0 Å². The second kappa shape index (κ2) is 5.93. The van der Waals surface area contributed by atoms with Gasteiger partial charge in [-0.05, 0) is 42.8 Å². The Labute approximate surface area is 129 Å². The van der Waals surface area contributed by atoms with Crippen LogP contribution >= 0.6 is 0 Å². The second-order valence-electron chi connectivity index (χ2n) is 4.99. The van der Waals surface area contributed by atoms with Crippen LogP contribution < -0.4 is 9.57 Å². The molecule has 4 heteroatoms. The molecule has 1 heterocycles. The van der Waals surface area contributed by atoms with Crippen molar-refractivity contribution in [3.8, 4) is 17.1 Å². The molecule has 2 aromatic carbocycles. The van der Waals surface area contributed by atoms with E-state index in [-0.39, 0.29) is 0 Å². The normalized spacial score (nSPS) is 10.6. The third-order valence-corrected chi connectivity index (χ3v) is 3.52. The van der Waals surface area contributed by atoms with Crippen molar-refractivity contribution in [3.05, 3.63) is 60.7 Å². The quantitative estimate of drug-likeness (QED) is 0.674. The Morgan fingerprint density at radius 2 is 1.95 bits per heavy atom. The van der Waals surface area contributed by atoms with Crippen LogP contribution in [0.25, 0.3) is 22.4 Å². The fourth-order valence-corrected chi connectivity index (χ4v) is 2.40. The Bertz CT molecular complexity index is 804. The minimum Gasteiger partial charge on any atom is -0.497 e. The molecular weight excluding hydrogens is 276 g/mol. The van der Waals surface area contributed by atoms with Crippen molar-refractivity contribution in [2.75, 3.05) is 13.7 Å². The van der Waals surface area contributed by atoms with Gasteiger partial charge in [0.05, 0.1) is 12.6 Å². The van der Waals surface area contributed by atoms with Gasteiger partial charge in [0.15, 0.2) is 5.82 Å². The molecule has 0 unspecified atom stereocenters. The Morgan fingerprint density at radius 3 is 2.64 bits per heavy atom. The van der Waals surface area contributed by atoms with Crippen molar-refractivity contribution < 1.29 is 9.57 Å². The van der Waals surface area contributed by atoms with Crippen LogP contribution in [0.2, 0.25) is 0 Å². The van der Waals surface area contributed by atoms with E-state index in [0.29, 0.717) is 6.61 Å². The summed E-state index contributed by atoms with van der Waals surface area (Å²) in [5, 5.41) is 0. The molecule has 0 aliphatic rings. The summed E-state index contributed by atoms with van der Waals surface area (Å²) < 4.78 is 6.98. The van der Waals surface area contributed by atoms with Crippen LogP contribution in [0, 0.1) is 6.92 Å². The zero-order valence-corrected chi connectivity index (χ0v) is 12.7. The molecule has 4 nitrogen and oxygen atoms in total. The lowest BCUT2D eigenvalue weighted by molar-refractivity contribution is 0.148. The van der Waals surface area contributed by atoms with E-state index < -0.39 is 0 Å². The molecule has 3 rings (SSSR count).